The minimum atomic E-state index is -0.219. The van der Waals surface area contributed by atoms with Gasteiger partial charge in [0.25, 0.3) is 0 Å². The first-order valence-electron chi connectivity index (χ1n) is 5.94. The van der Waals surface area contributed by atoms with Crippen LogP contribution in [0, 0.1) is 0 Å². The molecule has 0 aliphatic carbocycles. The van der Waals surface area contributed by atoms with Crippen molar-refractivity contribution in [3.8, 4) is 11.6 Å². The number of amides is 2. The van der Waals surface area contributed by atoms with Gasteiger partial charge < -0.3 is 15.0 Å². The van der Waals surface area contributed by atoms with Crippen molar-refractivity contribution in [2.24, 2.45) is 0 Å². The Morgan fingerprint density at radius 1 is 1.20 bits per heavy atom. The molecule has 2 rings (SSSR count). The van der Waals surface area contributed by atoms with Crippen molar-refractivity contribution in [1.29, 1.82) is 0 Å². The molecule has 0 fully saturated rings. The topological polar surface area (TPSA) is 54.5 Å². The molecule has 6 heteroatoms. The van der Waals surface area contributed by atoms with E-state index in [0.29, 0.717) is 21.9 Å². The number of nitrogens with one attached hydrogen (secondary N) is 1. The highest BCUT2D eigenvalue weighted by molar-refractivity contribution is 9.10. The highest BCUT2D eigenvalue weighted by Gasteiger charge is 2.10. The first-order chi connectivity index (χ1) is 9.56. The molecule has 1 aromatic heterocycles. The maximum absolute atomic E-state index is 11.7. The number of carbonyl (C=O) groups is 1. The molecule has 0 radical (unpaired) electrons. The summed E-state index contributed by atoms with van der Waals surface area (Å²) < 4.78 is 6.38. The molecular weight excluding hydrogens is 322 g/mol. The van der Waals surface area contributed by atoms with Crippen LogP contribution < -0.4 is 10.1 Å². The lowest BCUT2D eigenvalue weighted by Crippen LogP contribution is -2.27. The van der Waals surface area contributed by atoms with Crippen molar-refractivity contribution < 1.29 is 9.53 Å². The van der Waals surface area contributed by atoms with Crippen molar-refractivity contribution >= 4 is 27.6 Å². The maximum atomic E-state index is 11.7. The Morgan fingerprint density at radius 2 is 1.95 bits per heavy atom. The molecule has 20 heavy (non-hydrogen) atoms. The molecule has 1 N–H and O–H groups in total. The molecule has 0 unspecified atom stereocenters. The Kier molecular flexibility index (Phi) is 4.57. The van der Waals surface area contributed by atoms with Crippen molar-refractivity contribution in [1.82, 2.24) is 9.88 Å². The average Bonchev–Trinajstić information content (AvgIpc) is 2.41. The van der Waals surface area contributed by atoms with Crippen molar-refractivity contribution in [3.05, 3.63) is 47.1 Å². The van der Waals surface area contributed by atoms with Gasteiger partial charge in [0.05, 0.1) is 5.69 Å². The second-order valence-electron chi connectivity index (χ2n) is 4.22. The summed E-state index contributed by atoms with van der Waals surface area (Å²) in [7, 11) is 3.35. The molecule has 0 bridgehead atoms. The molecule has 0 aliphatic rings. The number of ether oxygens (including phenoxy) is 1. The van der Waals surface area contributed by atoms with E-state index in [4.69, 9.17) is 4.74 Å². The second-order valence-corrected chi connectivity index (χ2v) is 5.03. The van der Waals surface area contributed by atoms with E-state index in [9.17, 15) is 4.79 Å². The lowest BCUT2D eigenvalue weighted by Gasteiger charge is -2.15. The number of hydrogen-bond acceptors (Lipinski definition) is 3. The number of halogens is 1. The number of urea groups is 1. The average molecular weight is 336 g/mol. The van der Waals surface area contributed by atoms with E-state index in [1.165, 1.54) is 4.90 Å². The molecule has 1 aromatic carbocycles. The van der Waals surface area contributed by atoms with E-state index < -0.39 is 0 Å². The third kappa shape index (κ3) is 3.71. The van der Waals surface area contributed by atoms with Crippen molar-refractivity contribution in [2.75, 3.05) is 19.4 Å². The SMILES string of the molecule is CN(C)C(=O)Nc1ccccc1Oc1cccc(Br)n1. The highest BCUT2D eigenvalue weighted by Crippen LogP contribution is 2.28. The summed E-state index contributed by atoms with van der Waals surface area (Å²) in [6.45, 7) is 0. The number of carbonyl (C=O) groups excluding carboxylic acids is 1. The van der Waals surface area contributed by atoms with Crippen LogP contribution in [0.3, 0.4) is 0 Å². The maximum Gasteiger partial charge on any atom is 0.321 e. The zero-order chi connectivity index (χ0) is 14.5. The van der Waals surface area contributed by atoms with E-state index >= 15 is 0 Å². The first-order valence-corrected chi connectivity index (χ1v) is 6.73. The third-order valence-electron chi connectivity index (χ3n) is 2.44. The number of anilines is 1. The van der Waals surface area contributed by atoms with E-state index in [1.54, 1.807) is 32.3 Å². The van der Waals surface area contributed by atoms with Gasteiger partial charge in [-0.2, -0.15) is 0 Å². The quantitative estimate of drug-likeness (QED) is 0.869. The minimum absolute atomic E-state index is 0.219. The molecule has 0 spiro atoms. The van der Waals surface area contributed by atoms with E-state index in [0.717, 1.165) is 0 Å². The lowest BCUT2D eigenvalue weighted by molar-refractivity contribution is 0.230. The smallest absolute Gasteiger partial charge is 0.321 e. The van der Waals surface area contributed by atoms with Gasteiger partial charge in [0, 0.05) is 20.2 Å². The monoisotopic (exact) mass is 335 g/mol. The van der Waals surface area contributed by atoms with Crippen LogP contribution in [0.1, 0.15) is 0 Å². The number of para-hydroxylation sites is 2. The largest absolute Gasteiger partial charge is 0.437 e. The number of rotatable bonds is 3. The Labute approximate surface area is 125 Å². The van der Waals surface area contributed by atoms with Gasteiger partial charge in [0.1, 0.15) is 4.60 Å². The Morgan fingerprint density at radius 3 is 2.65 bits per heavy atom. The standard InChI is InChI=1S/C14H14BrN3O2/c1-18(2)14(19)16-10-6-3-4-7-11(10)20-13-9-5-8-12(15)17-13/h3-9H,1-2H3,(H,16,19). The van der Waals surface area contributed by atoms with Gasteiger partial charge in [-0.05, 0) is 34.1 Å². The highest BCUT2D eigenvalue weighted by atomic mass is 79.9. The number of aromatic nitrogens is 1. The van der Waals surface area contributed by atoms with E-state index in [-0.39, 0.29) is 6.03 Å². The predicted molar refractivity (Wildman–Crippen MR) is 81.2 cm³/mol. The summed E-state index contributed by atoms with van der Waals surface area (Å²) in [5.74, 6) is 0.985. The summed E-state index contributed by atoms with van der Waals surface area (Å²) in [5.41, 5.74) is 0.591. The summed E-state index contributed by atoms with van der Waals surface area (Å²) in [5, 5.41) is 2.77. The second kappa shape index (κ2) is 6.38. The Hall–Kier alpha value is -2.08. The molecule has 5 nitrogen and oxygen atoms in total. The van der Waals surface area contributed by atoms with Crippen LogP contribution in [-0.2, 0) is 0 Å². The first kappa shape index (κ1) is 14.3. The third-order valence-corrected chi connectivity index (χ3v) is 2.88. The molecule has 0 aliphatic heterocycles. The molecule has 0 saturated carbocycles. The fourth-order valence-electron chi connectivity index (χ4n) is 1.45. The number of hydrogen-bond donors (Lipinski definition) is 1. The van der Waals surface area contributed by atoms with E-state index in [1.807, 2.05) is 24.3 Å². The van der Waals surface area contributed by atoms with Gasteiger partial charge in [-0.1, -0.05) is 18.2 Å². The minimum Gasteiger partial charge on any atom is -0.437 e. The molecule has 0 atom stereocenters. The Bertz CT molecular complexity index is 617. The van der Waals surface area contributed by atoms with Crippen LogP contribution in [0.25, 0.3) is 0 Å². The van der Waals surface area contributed by atoms with Gasteiger partial charge in [0.2, 0.25) is 5.88 Å². The molecular formula is C14H14BrN3O2. The summed E-state index contributed by atoms with van der Waals surface area (Å²) in [6.07, 6.45) is 0. The van der Waals surface area contributed by atoms with Crippen LogP contribution in [0.15, 0.2) is 47.1 Å². The zero-order valence-electron chi connectivity index (χ0n) is 11.1. The fourth-order valence-corrected chi connectivity index (χ4v) is 1.77. The van der Waals surface area contributed by atoms with Crippen LogP contribution >= 0.6 is 15.9 Å². The van der Waals surface area contributed by atoms with Gasteiger partial charge in [0.15, 0.2) is 5.75 Å². The van der Waals surface area contributed by atoms with Crippen LogP contribution in [0.4, 0.5) is 10.5 Å². The van der Waals surface area contributed by atoms with Gasteiger partial charge in [-0.15, -0.1) is 0 Å². The number of pyridine rings is 1. The number of nitrogens with zero attached hydrogens (tertiary/aromatic N) is 2. The molecule has 0 saturated heterocycles. The summed E-state index contributed by atoms with van der Waals surface area (Å²) in [6, 6.07) is 12.4. The number of benzene rings is 1. The van der Waals surface area contributed by atoms with Gasteiger partial charge in [-0.3, -0.25) is 0 Å². The van der Waals surface area contributed by atoms with Crippen LogP contribution in [0.2, 0.25) is 0 Å². The zero-order valence-corrected chi connectivity index (χ0v) is 12.7. The van der Waals surface area contributed by atoms with Crippen LogP contribution in [0.5, 0.6) is 11.6 Å². The molecule has 2 amide bonds. The van der Waals surface area contributed by atoms with Crippen molar-refractivity contribution in [3.63, 3.8) is 0 Å². The van der Waals surface area contributed by atoms with Gasteiger partial charge in [-0.25, -0.2) is 9.78 Å². The normalized spacial score (nSPS) is 9.95. The Balaban J connectivity index is 2.22. The van der Waals surface area contributed by atoms with Crippen LogP contribution in [-0.4, -0.2) is 30.0 Å². The fraction of sp³-hybridized carbons (Fsp3) is 0.143. The lowest BCUT2D eigenvalue weighted by atomic mass is 10.3. The van der Waals surface area contributed by atoms with E-state index in [2.05, 4.69) is 26.2 Å². The summed E-state index contributed by atoms with van der Waals surface area (Å²) >= 11 is 3.29. The molecule has 1 heterocycles. The molecule has 2 aromatic rings. The van der Waals surface area contributed by atoms with Crippen molar-refractivity contribution in [2.45, 2.75) is 0 Å². The predicted octanol–water partition coefficient (Wildman–Crippen LogP) is 3.73. The summed E-state index contributed by atoms with van der Waals surface area (Å²) in [4.78, 5) is 17.4. The molecule has 104 valence electrons. The van der Waals surface area contributed by atoms with Gasteiger partial charge >= 0.3 is 6.03 Å².